The highest BCUT2D eigenvalue weighted by molar-refractivity contribution is 6.31. The molecular formula is C80H60N2O2. The van der Waals surface area contributed by atoms with Gasteiger partial charge in [0.2, 0.25) is 0 Å². The molecule has 15 rings (SSSR count). The summed E-state index contributed by atoms with van der Waals surface area (Å²) in [5.41, 5.74) is 21.3. The van der Waals surface area contributed by atoms with Crippen molar-refractivity contribution in [2.45, 2.75) is 39.5 Å². The highest BCUT2D eigenvalue weighted by atomic mass is 16.4. The first kappa shape index (κ1) is 50.5. The molecule has 0 fully saturated rings. The van der Waals surface area contributed by atoms with Crippen LogP contribution in [0.2, 0.25) is 0 Å². The molecule has 0 amide bonds. The molecule has 0 atom stereocenters. The van der Waals surface area contributed by atoms with Gasteiger partial charge in [-0.1, -0.05) is 210 Å². The van der Waals surface area contributed by atoms with Crippen molar-refractivity contribution in [1.82, 2.24) is 0 Å². The number of rotatable bonds is 12. The van der Waals surface area contributed by atoms with Crippen molar-refractivity contribution >= 4 is 99.5 Å². The Labute approximate surface area is 489 Å². The number of hydrogen-bond donors (Lipinski definition) is 0. The fourth-order valence-corrected chi connectivity index (χ4v) is 12.6. The molecule has 0 saturated heterocycles. The Balaban J connectivity index is 0.926. The van der Waals surface area contributed by atoms with Crippen LogP contribution in [0.5, 0.6) is 0 Å². The standard InChI is InChI=1S/C80H60N2O2/c1-51(2)59-27-17-29-67(43-59)81(65-37-31-55(32-38-65)53-19-9-5-10-20-53)69-41-35-61-47-71-73(49-63(61)45-69)83-79-77(71)75(57-23-13-7-14-24-57)76(58-25-15-8-16-26-58)78-72-48-62-36-42-70(46-64(62)50-74(72)84-80(78)79)82(68-30-18-28-60(44-68)52(3)4)66-39-33-56(34-40-66)54-21-11-6-12-22-54/h5-52H,1-4H3. The minimum Gasteiger partial charge on any atom is -0.452 e. The topological polar surface area (TPSA) is 32.8 Å². The quantitative estimate of drug-likeness (QED) is 0.122. The van der Waals surface area contributed by atoms with E-state index in [4.69, 9.17) is 8.83 Å². The van der Waals surface area contributed by atoms with Gasteiger partial charge >= 0.3 is 0 Å². The lowest BCUT2D eigenvalue weighted by atomic mass is 9.87. The van der Waals surface area contributed by atoms with Crippen molar-refractivity contribution in [2.75, 3.05) is 9.80 Å². The molecule has 13 aromatic carbocycles. The first-order valence-electron chi connectivity index (χ1n) is 29.3. The SMILES string of the molecule is CC(C)c1cccc(N(c2ccc(-c3ccccc3)cc2)c2ccc3cc4c(cc3c2)oc2c3oc5cc6cc(N(c7ccc(-c8ccccc8)cc7)c7cccc(C(C)C)c7)ccc6cc5c3c(-c3ccccc3)c(-c3ccccc3)c42)c1. The van der Waals surface area contributed by atoms with E-state index in [0.29, 0.717) is 11.8 Å². The van der Waals surface area contributed by atoms with Crippen molar-refractivity contribution in [1.29, 1.82) is 0 Å². The molecule has 0 unspecified atom stereocenters. The maximum absolute atomic E-state index is 7.32. The summed E-state index contributed by atoms with van der Waals surface area (Å²) in [7, 11) is 0. The highest BCUT2D eigenvalue weighted by Gasteiger charge is 2.28. The van der Waals surface area contributed by atoms with Gasteiger partial charge in [0, 0.05) is 66.8 Å². The van der Waals surface area contributed by atoms with E-state index in [2.05, 4.69) is 317 Å². The normalized spacial score (nSPS) is 11.8. The van der Waals surface area contributed by atoms with Gasteiger partial charge in [0.1, 0.15) is 11.2 Å². The van der Waals surface area contributed by atoms with Gasteiger partial charge in [-0.15, -0.1) is 0 Å². The van der Waals surface area contributed by atoms with E-state index in [-0.39, 0.29) is 0 Å². The average molecular weight is 1080 g/mol. The Morgan fingerprint density at radius 2 is 0.595 bits per heavy atom. The van der Waals surface area contributed by atoms with Gasteiger partial charge in [-0.2, -0.15) is 0 Å². The zero-order valence-corrected chi connectivity index (χ0v) is 47.4. The molecule has 0 aliphatic rings. The van der Waals surface area contributed by atoms with E-state index < -0.39 is 0 Å². The molecule has 2 heterocycles. The third-order valence-electron chi connectivity index (χ3n) is 16.9. The third-order valence-corrected chi connectivity index (χ3v) is 16.9. The van der Waals surface area contributed by atoms with E-state index in [1.807, 2.05) is 0 Å². The Morgan fingerprint density at radius 3 is 0.964 bits per heavy atom. The van der Waals surface area contributed by atoms with Gasteiger partial charge in [-0.25, -0.2) is 0 Å². The van der Waals surface area contributed by atoms with E-state index >= 15 is 0 Å². The molecule has 0 saturated carbocycles. The van der Waals surface area contributed by atoms with Crippen LogP contribution in [0.3, 0.4) is 0 Å². The van der Waals surface area contributed by atoms with Gasteiger partial charge in [-0.3, -0.25) is 0 Å². The predicted octanol–water partition coefficient (Wildman–Crippen LogP) is 23.6. The van der Waals surface area contributed by atoms with Gasteiger partial charge in [0.15, 0.2) is 11.2 Å². The summed E-state index contributed by atoms with van der Waals surface area (Å²) >= 11 is 0. The Bertz CT molecular complexity index is 4610. The second-order valence-corrected chi connectivity index (χ2v) is 22.9. The van der Waals surface area contributed by atoms with Crippen LogP contribution < -0.4 is 9.80 Å². The summed E-state index contributed by atoms with van der Waals surface area (Å²) in [6.45, 7) is 9.02. The molecule has 0 bridgehead atoms. The van der Waals surface area contributed by atoms with E-state index in [1.54, 1.807) is 0 Å². The second kappa shape index (κ2) is 20.8. The Morgan fingerprint density at radius 1 is 0.262 bits per heavy atom. The Hall–Kier alpha value is -10.4. The highest BCUT2D eigenvalue weighted by Crippen LogP contribution is 2.52. The van der Waals surface area contributed by atoms with Crippen LogP contribution in [0, 0.1) is 0 Å². The minimum absolute atomic E-state index is 0.378. The third kappa shape index (κ3) is 8.95. The zero-order valence-electron chi connectivity index (χ0n) is 47.4. The summed E-state index contributed by atoms with van der Waals surface area (Å²) in [6, 6.07) is 101. The summed E-state index contributed by atoms with van der Waals surface area (Å²) in [5.74, 6) is 0.755. The molecule has 0 aliphatic heterocycles. The summed E-state index contributed by atoms with van der Waals surface area (Å²) in [6.07, 6.45) is 0. The fourth-order valence-electron chi connectivity index (χ4n) is 12.6. The summed E-state index contributed by atoms with van der Waals surface area (Å²) in [4.78, 5) is 4.75. The Kier molecular flexibility index (Phi) is 12.5. The van der Waals surface area contributed by atoms with Crippen LogP contribution in [-0.2, 0) is 0 Å². The molecule has 4 nitrogen and oxygen atoms in total. The predicted molar refractivity (Wildman–Crippen MR) is 355 cm³/mol. The molecule has 15 aromatic rings. The van der Waals surface area contributed by atoms with Crippen LogP contribution in [0.4, 0.5) is 34.1 Å². The maximum Gasteiger partial charge on any atom is 0.179 e. The monoisotopic (exact) mass is 1080 g/mol. The maximum atomic E-state index is 7.32. The second-order valence-electron chi connectivity index (χ2n) is 22.9. The van der Waals surface area contributed by atoms with Crippen LogP contribution >= 0.6 is 0 Å². The number of hydrogen-bond acceptors (Lipinski definition) is 4. The first-order valence-corrected chi connectivity index (χ1v) is 29.3. The number of fused-ring (bicyclic) bond motifs is 9. The number of benzene rings is 13. The molecule has 402 valence electrons. The first-order chi connectivity index (χ1) is 41.3. The van der Waals surface area contributed by atoms with Crippen molar-refractivity contribution in [3.05, 3.63) is 290 Å². The fraction of sp³-hybridized carbons (Fsp3) is 0.0750. The van der Waals surface area contributed by atoms with Crippen molar-refractivity contribution in [2.24, 2.45) is 0 Å². The van der Waals surface area contributed by atoms with E-state index in [0.717, 1.165) is 122 Å². The summed E-state index contributed by atoms with van der Waals surface area (Å²) < 4.78 is 14.6. The largest absolute Gasteiger partial charge is 0.452 e. The molecule has 0 spiro atoms. The molecule has 4 heteroatoms. The molecule has 0 radical (unpaired) electrons. The molecular weight excluding hydrogens is 1020 g/mol. The van der Waals surface area contributed by atoms with Crippen LogP contribution in [-0.4, -0.2) is 0 Å². The lowest BCUT2D eigenvalue weighted by Gasteiger charge is -2.27. The molecule has 84 heavy (non-hydrogen) atoms. The zero-order chi connectivity index (χ0) is 56.4. The lowest BCUT2D eigenvalue weighted by molar-refractivity contribution is 0.634. The van der Waals surface area contributed by atoms with Crippen molar-refractivity contribution in [3.8, 4) is 44.5 Å². The average Bonchev–Trinajstić information content (AvgIpc) is 2.26. The number of nitrogens with zero attached hydrogens (tertiary/aromatic N) is 2. The lowest BCUT2D eigenvalue weighted by Crippen LogP contribution is -2.10. The van der Waals surface area contributed by atoms with E-state index in [9.17, 15) is 0 Å². The van der Waals surface area contributed by atoms with Crippen LogP contribution in [0.25, 0.3) is 110 Å². The molecule has 2 aromatic heterocycles. The van der Waals surface area contributed by atoms with Crippen molar-refractivity contribution < 1.29 is 8.83 Å². The van der Waals surface area contributed by atoms with Crippen molar-refractivity contribution in [3.63, 3.8) is 0 Å². The minimum atomic E-state index is 0.378. The smallest absolute Gasteiger partial charge is 0.179 e. The van der Waals surface area contributed by atoms with Gasteiger partial charge in [-0.05, 0) is 175 Å². The van der Waals surface area contributed by atoms with Gasteiger partial charge in [0.05, 0.1) is 0 Å². The molecule has 0 N–H and O–H groups in total. The van der Waals surface area contributed by atoms with Crippen LogP contribution in [0.1, 0.15) is 50.7 Å². The van der Waals surface area contributed by atoms with Crippen LogP contribution in [0.15, 0.2) is 288 Å². The van der Waals surface area contributed by atoms with E-state index in [1.165, 1.54) is 33.4 Å². The van der Waals surface area contributed by atoms with Gasteiger partial charge < -0.3 is 18.6 Å². The number of furan rings is 2. The van der Waals surface area contributed by atoms with Gasteiger partial charge in [0.25, 0.3) is 0 Å². The summed E-state index contributed by atoms with van der Waals surface area (Å²) in [5, 5.41) is 8.53. The molecule has 0 aliphatic carbocycles. The number of anilines is 6.